The molecule has 0 amide bonds. The van der Waals surface area contributed by atoms with Gasteiger partial charge in [0.15, 0.2) is 0 Å². The minimum atomic E-state index is -0.0734. The lowest BCUT2D eigenvalue weighted by atomic mass is 9.43. The van der Waals surface area contributed by atoms with Crippen LogP contribution in [0.2, 0.25) is 0 Å². The summed E-state index contributed by atoms with van der Waals surface area (Å²) in [6.07, 6.45) is 7.17. The molecule has 0 aliphatic heterocycles. The van der Waals surface area contributed by atoms with Crippen LogP contribution in [0.25, 0.3) is 44.5 Å². The fourth-order valence-corrected chi connectivity index (χ4v) is 12.9. The van der Waals surface area contributed by atoms with Crippen molar-refractivity contribution in [1.29, 1.82) is 0 Å². The highest BCUT2D eigenvalue weighted by atomic mass is 15.1. The molecule has 4 saturated carbocycles. The van der Waals surface area contributed by atoms with E-state index in [2.05, 4.69) is 183 Å². The Hall–Kier alpha value is -5.66. The van der Waals surface area contributed by atoms with E-state index in [0.29, 0.717) is 0 Å². The standard InChI is InChI=1S/C55H47N/c1-54(2)48-15-8-7-14-46(48)53-51(54)17-10-18-52(53)56(43-24-19-38(20-25-43)37-11-4-3-5-12-37)44-26-21-39(22-27-44)40-23-28-50-47(34-40)45-13-6-9-16-49(45)55(50)41-30-35-29-36(32-41)33-42(55)31-35/h3-28,34-36,41-42H,29-33H2,1-2H3. The quantitative estimate of drug-likeness (QED) is 0.171. The van der Waals surface area contributed by atoms with Crippen molar-refractivity contribution in [3.63, 3.8) is 0 Å². The van der Waals surface area contributed by atoms with Crippen molar-refractivity contribution in [2.45, 2.75) is 56.8 Å². The first-order valence-corrected chi connectivity index (χ1v) is 21.0. The lowest BCUT2D eigenvalue weighted by Gasteiger charge is -2.61. The Morgan fingerprint density at radius 1 is 0.411 bits per heavy atom. The predicted molar refractivity (Wildman–Crippen MR) is 233 cm³/mol. The van der Waals surface area contributed by atoms with E-state index in [9.17, 15) is 0 Å². The SMILES string of the molecule is CC1(C)c2ccccc2-c2c(N(c3ccc(-c4ccccc4)cc3)c3ccc(-c4ccc5c(c4)-c4ccccc4C54C5CC6CC(C5)CC4C6)cc3)cccc21. The zero-order valence-corrected chi connectivity index (χ0v) is 32.4. The minimum absolute atomic E-state index is 0.0734. The van der Waals surface area contributed by atoms with Gasteiger partial charge in [-0.3, -0.25) is 0 Å². The van der Waals surface area contributed by atoms with Gasteiger partial charge >= 0.3 is 0 Å². The summed E-state index contributed by atoms with van der Waals surface area (Å²) in [7, 11) is 0. The van der Waals surface area contributed by atoms with Gasteiger partial charge in [0.25, 0.3) is 0 Å². The van der Waals surface area contributed by atoms with Gasteiger partial charge in [-0.15, -0.1) is 0 Å². The van der Waals surface area contributed by atoms with E-state index in [4.69, 9.17) is 0 Å². The minimum Gasteiger partial charge on any atom is -0.310 e. The summed E-state index contributed by atoms with van der Waals surface area (Å²) in [5, 5.41) is 0. The second kappa shape index (κ2) is 11.9. The Bertz CT molecular complexity index is 2630. The Labute approximate surface area is 331 Å². The first kappa shape index (κ1) is 32.6. The molecule has 1 spiro atoms. The first-order valence-electron chi connectivity index (χ1n) is 21.0. The summed E-state index contributed by atoms with van der Waals surface area (Å²) < 4.78 is 0. The molecule has 1 heteroatoms. The maximum Gasteiger partial charge on any atom is 0.0543 e. The third-order valence-corrected chi connectivity index (χ3v) is 15.1. The van der Waals surface area contributed by atoms with E-state index in [1.54, 1.807) is 11.1 Å². The van der Waals surface area contributed by atoms with Crippen LogP contribution in [0.5, 0.6) is 0 Å². The van der Waals surface area contributed by atoms with Crippen molar-refractivity contribution < 1.29 is 0 Å². The molecule has 4 fully saturated rings. The molecule has 272 valence electrons. The van der Waals surface area contributed by atoms with Crippen LogP contribution in [0.3, 0.4) is 0 Å². The van der Waals surface area contributed by atoms with E-state index >= 15 is 0 Å². The van der Waals surface area contributed by atoms with Crippen molar-refractivity contribution in [1.82, 2.24) is 0 Å². The fraction of sp³-hybridized carbons (Fsp3) is 0.236. The second-order valence-corrected chi connectivity index (χ2v) is 18.1. The van der Waals surface area contributed by atoms with Gasteiger partial charge in [0, 0.05) is 27.8 Å². The smallest absolute Gasteiger partial charge is 0.0543 e. The third kappa shape index (κ3) is 4.49. The molecular formula is C55H47N. The van der Waals surface area contributed by atoms with Gasteiger partial charge in [0.2, 0.25) is 0 Å². The average molecular weight is 722 g/mol. The van der Waals surface area contributed by atoms with Crippen LogP contribution in [0, 0.1) is 23.7 Å². The maximum absolute atomic E-state index is 2.55. The third-order valence-electron chi connectivity index (χ3n) is 15.1. The number of benzene rings is 7. The molecule has 0 radical (unpaired) electrons. The topological polar surface area (TPSA) is 3.24 Å². The highest BCUT2D eigenvalue weighted by molar-refractivity contribution is 5.95. The van der Waals surface area contributed by atoms with Crippen LogP contribution >= 0.6 is 0 Å². The predicted octanol–water partition coefficient (Wildman–Crippen LogP) is 14.5. The van der Waals surface area contributed by atoms with Gasteiger partial charge < -0.3 is 4.90 Å². The van der Waals surface area contributed by atoms with Crippen LogP contribution in [-0.2, 0) is 10.8 Å². The van der Waals surface area contributed by atoms with Crippen molar-refractivity contribution >= 4 is 17.1 Å². The fourth-order valence-electron chi connectivity index (χ4n) is 12.9. The van der Waals surface area contributed by atoms with Gasteiger partial charge in [0.1, 0.15) is 0 Å². The van der Waals surface area contributed by atoms with E-state index in [1.807, 2.05) is 0 Å². The maximum atomic E-state index is 2.55. The molecule has 0 saturated heterocycles. The lowest BCUT2D eigenvalue weighted by molar-refractivity contribution is -0.0399. The van der Waals surface area contributed by atoms with E-state index < -0.39 is 0 Å². The molecule has 6 aliphatic rings. The molecule has 0 N–H and O–H groups in total. The molecule has 1 nitrogen and oxygen atoms in total. The lowest BCUT2D eigenvalue weighted by Crippen LogP contribution is -2.55. The summed E-state index contributed by atoms with van der Waals surface area (Å²) in [6, 6.07) is 62.1. The molecule has 6 aliphatic carbocycles. The molecule has 7 aromatic carbocycles. The Morgan fingerprint density at radius 3 is 1.61 bits per heavy atom. The highest BCUT2D eigenvalue weighted by Crippen LogP contribution is 2.69. The molecule has 0 atom stereocenters. The Kier molecular flexibility index (Phi) is 6.93. The van der Waals surface area contributed by atoms with Crippen molar-refractivity contribution in [2.75, 3.05) is 4.90 Å². The number of anilines is 3. The largest absolute Gasteiger partial charge is 0.310 e. The highest BCUT2D eigenvalue weighted by Gasteiger charge is 2.61. The zero-order chi connectivity index (χ0) is 37.2. The number of hydrogen-bond acceptors (Lipinski definition) is 1. The van der Waals surface area contributed by atoms with E-state index in [1.165, 1.54) is 93.4 Å². The van der Waals surface area contributed by atoms with Gasteiger partial charge in [-0.2, -0.15) is 0 Å². The van der Waals surface area contributed by atoms with Crippen LogP contribution in [0.1, 0.15) is 68.2 Å². The number of fused-ring (bicyclic) bond motifs is 6. The molecule has 4 bridgehead atoms. The summed E-state index contributed by atoms with van der Waals surface area (Å²) in [5.74, 6) is 3.49. The Balaban J connectivity index is 0.967. The van der Waals surface area contributed by atoms with Crippen LogP contribution in [-0.4, -0.2) is 0 Å². The Morgan fingerprint density at radius 2 is 0.929 bits per heavy atom. The van der Waals surface area contributed by atoms with E-state index in [0.717, 1.165) is 35.0 Å². The molecular weight excluding hydrogens is 675 g/mol. The van der Waals surface area contributed by atoms with Crippen LogP contribution in [0.15, 0.2) is 164 Å². The second-order valence-electron chi connectivity index (χ2n) is 18.1. The van der Waals surface area contributed by atoms with Gasteiger partial charge in [0.05, 0.1) is 5.69 Å². The van der Waals surface area contributed by atoms with Crippen LogP contribution < -0.4 is 4.90 Å². The summed E-state index contributed by atoms with van der Waals surface area (Å²) in [4.78, 5) is 2.48. The number of nitrogens with zero attached hydrogens (tertiary/aromatic N) is 1. The van der Waals surface area contributed by atoms with E-state index in [-0.39, 0.29) is 10.8 Å². The van der Waals surface area contributed by atoms with Gasteiger partial charge in [-0.1, -0.05) is 141 Å². The molecule has 0 unspecified atom stereocenters. The molecule has 56 heavy (non-hydrogen) atoms. The zero-order valence-electron chi connectivity index (χ0n) is 32.4. The number of rotatable bonds is 5. The van der Waals surface area contributed by atoms with Gasteiger partial charge in [-0.25, -0.2) is 0 Å². The summed E-state index contributed by atoms with van der Waals surface area (Å²) in [5.41, 5.74) is 20.4. The summed E-state index contributed by atoms with van der Waals surface area (Å²) in [6.45, 7) is 4.74. The number of hydrogen-bond donors (Lipinski definition) is 0. The molecule has 0 heterocycles. The average Bonchev–Trinajstić information content (AvgIpc) is 3.66. The molecule has 0 aromatic heterocycles. The van der Waals surface area contributed by atoms with Crippen molar-refractivity contribution in [3.8, 4) is 44.5 Å². The molecule has 13 rings (SSSR count). The summed E-state index contributed by atoms with van der Waals surface area (Å²) >= 11 is 0. The first-order chi connectivity index (χ1) is 27.5. The monoisotopic (exact) mass is 721 g/mol. The van der Waals surface area contributed by atoms with Crippen LogP contribution in [0.4, 0.5) is 17.1 Å². The van der Waals surface area contributed by atoms with Crippen molar-refractivity contribution in [3.05, 3.63) is 186 Å². The molecule has 7 aromatic rings. The normalized spacial score (nSPS) is 24.1. The van der Waals surface area contributed by atoms with Crippen molar-refractivity contribution in [2.24, 2.45) is 23.7 Å². The van der Waals surface area contributed by atoms with Gasteiger partial charge in [-0.05, 0) is 153 Å².